The predicted molar refractivity (Wildman–Crippen MR) is 80.4 cm³/mol. The van der Waals surface area contributed by atoms with Crippen molar-refractivity contribution >= 4 is 27.5 Å². The van der Waals surface area contributed by atoms with Crippen LogP contribution in [0.1, 0.15) is 6.42 Å². The van der Waals surface area contributed by atoms with Crippen molar-refractivity contribution in [3.05, 3.63) is 32.8 Å². The largest absolute Gasteiger partial charge is 0.492 e. The number of ether oxygens (including phenoxy) is 1. The second-order valence-electron chi connectivity index (χ2n) is 4.58. The van der Waals surface area contributed by atoms with Crippen LogP contribution in [0.15, 0.2) is 22.7 Å². The lowest BCUT2D eigenvalue weighted by Crippen LogP contribution is -2.46. The van der Waals surface area contributed by atoms with E-state index in [0.717, 1.165) is 13.1 Å². The molecule has 0 unspecified atom stereocenters. The van der Waals surface area contributed by atoms with Crippen LogP contribution in [0.25, 0.3) is 0 Å². The summed E-state index contributed by atoms with van der Waals surface area (Å²) >= 11 is 3.16. The Bertz CT molecular complexity index is 532. The summed E-state index contributed by atoms with van der Waals surface area (Å²) < 4.78 is 5.77. The number of nitro groups is 1. The first kappa shape index (κ1) is 15.7. The maximum Gasteiger partial charge on any atom is 0.287 e. The lowest BCUT2D eigenvalue weighted by Gasteiger charge is -2.27. The topological polar surface area (TPSA) is 84.7 Å². The number of hydrogen-bond acceptors (Lipinski definition) is 5. The standard InChI is InChI=1S/C13H16BrN3O4/c14-13-10(17(19)20)2-1-3-11(13)21-9-4-12(18)16-7-5-15-6-8-16/h1-3,15H,4-9H2. The highest BCUT2D eigenvalue weighted by Gasteiger charge is 2.18. The Hall–Kier alpha value is -1.67. The molecule has 0 radical (unpaired) electrons. The lowest BCUT2D eigenvalue weighted by atomic mass is 10.3. The van der Waals surface area contributed by atoms with E-state index >= 15 is 0 Å². The van der Waals surface area contributed by atoms with Crippen molar-refractivity contribution in [2.45, 2.75) is 6.42 Å². The number of piperazine rings is 1. The fourth-order valence-electron chi connectivity index (χ4n) is 2.07. The Morgan fingerprint density at radius 3 is 2.81 bits per heavy atom. The molecule has 0 aliphatic carbocycles. The normalized spacial score (nSPS) is 14.8. The number of carbonyl (C=O) groups excluding carboxylic acids is 1. The van der Waals surface area contributed by atoms with Crippen LogP contribution >= 0.6 is 15.9 Å². The maximum atomic E-state index is 11.9. The number of halogens is 1. The number of carbonyl (C=O) groups is 1. The van der Waals surface area contributed by atoms with Crippen LogP contribution < -0.4 is 10.1 Å². The summed E-state index contributed by atoms with van der Waals surface area (Å²) in [7, 11) is 0. The highest BCUT2D eigenvalue weighted by molar-refractivity contribution is 9.10. The first-order valence-corrected chi connectivity index (χ1v) is 7.43. The van der Waals surface area contributed by atoms with Crippen molar-refractivity contribution in [3.63, 3.8) is 0 Å². The third-order valence-electron chi connectivity index (χ3n) is 3.18. The Balaban J connectivity index is 1.87. The van der Waals surface area contributed by atoms with Gasteiger partial charge in [0.2, 0.25) is 5.91 Å². The first-order chi connectivity index (χ1) is 10.1. The average Bonchev–Trinajstić information content (AvgIpc) is 2.49. The molecule has 1 aromatic rings. The molecular formula is C13H16BrN3O4. The monoisotopic (exact) mass is 357 g/mol. The number of nitrogens with zero attached hydrogens (tertiary/aromatic N) is 2. The van der Waals surface area contributed by atoms with E-state index in [4.69, 9.17) is 4.74 Å². The molecule has 0 spiro atoms. The van der Waals surface area contributed by atoms with Crippen molar-refractivity contribution in [1.29, 1.82) is 0 Å². The van der Waals surface area contributed by atoms with Crippen LogP contribution in [-0.4, -0.2) is 48.5 Å². The number of nitro benzene ring substituents is 1. The van der Waals surface area contributed by atoms with E-state index in [0.29, 0.717) is 23.3 Å². The fourth-order valence-corrected chi connectivity index (χ4v) is 2.60. The molecule has 0 atom stereocenters. The van der Waals surface area contributed by atoms with Crippen molar-refractivity contribution in [1.82, 2.24) is 10.2 Å². The van der Waals surface area contributed by atoms with Crippen LogP contribution in [0, 0.1) is 10.1 Å². The van der Waals surface area contributed by atoms with E-state index in [1.165, 1.54) is 6.07 Å². The van der Waals surface area contributed by atoms with Crippen LogP contribution in [0.4, 0.5) is 5.69 Å². The van der Waals surface area contributed by atoms with Gasteiger partial charge in [0, 0.05) is 32.2 Å². The summed E-state index contributed by atoms with van der Waals surface area (Å²) in [5.74, 6) is 0.412. The van der Waals surface area contributed by atoms with E-state index in [9.17, 15) is 14.9 Å². The summed E-state index contributed by atoms with van der Waals surface area (Å²) in [6.07, 6.45) is 0.259. The van der Waals surface area contributed by atoms with Gasteiger partial charge in [-0.15, -0.1) is 0 Å². The van der Waals surface area contributed by atoms with Gasteiger partial charge in [0.05, 0.1) is 18.0 Å². The van der Waals surface area contributed by atoms with E-state index in [2.05, 4.69) is 21.2 Å². The second-order valence-corrected chi connectivity index (χ2v) is 5.37. The van der Waals surface area contributed by atoms with E-state index in [1.807, 2.05) is 0 Å². The average molecular weight is 358 g/mol. The molecule has 1 N–H and O–H groups in total. The van der Waals surface area contributed by atoms with E-state index < -0.39 is 4.92 Å². The van der Waals surface area contributed by atoms with Gasteiger partial charge in [-0.1, -0.05) is 6.07 Å². The maximum absolute atomic E-state index is 11.9. The minimum absolute atomic E-state index is 0.0399. The van der Waals surface area contributed by atoms with Gasteiger partial charge >= 0.3 is 0 Å². The molecule has 0 bridgehead atoms. The molecule has 114 valence electrons. The molecule has 1 fully saturated rings. The van der Waals surface area contributed by atoms with Gasteiger partial charge in [0.1, 0.15) is 10.2 Å². The van der Waals surface area contributed by atoms with Gasteiger partial charge in [-0.25, -0.2) is 0 Å². The molecule has 1 aliphatic heterocycles. The molecule has 1 aromatic carbocycles. The zero-order valence-electron chi connectivity index (χ0n) is 11.4. The van der Waals surface area contributed by atoms with Gasteiger partial charge < -0.3 is 15.0 Å². The van der Waals surface area contributed by atoms with Gasteiger partial charge in [0.25, 0.3) is 5.69 Å². The van der Waals surface area contributed by atoms with Crippen molar-refractivity contribution in [2.24, 2.45) is 0 Å². The van der Waals surface area contributed by atoms with Gasteiger partial charge in [-0.05, 0) is 22.0 Å². The van der Waals surface area contributed by atoms with Gasteiger partial charge in [-0.2, -0.15) is 0 Å². The highest BCUT2D eigenvalue weighted by atomic mass is 79.9. The second kappa shape index (κ2) is 7.37. The van der Waals surface area contributed by atoms with Crippen molar-refractivity contribution in [3.8, 4) is 5.75 Å². The number of nitrogens with one attached hydrogen (secondary N) is 1. The number of amides is 1. The molecule has 1 aliphatic rings. The third kappa shape index (κ3) is 4.15. The fraction of sp³-hybridized carbons (Fsp3) is 0.462. The predicted octanol–water partition coefficient (Wildman–Crippen LogP) is 1.56. The summed E-state index contributed by atoms with van der Waals surface area (Å²) in [5, 5.41) is 14.0. The molecule has 1 saturated heterocycles. The molecular weight excluding hydrogens is 342 g/mol. The molecule has 1 heterocycles. The minimum atomic E-state index is -0.483. The number of hydrogen-bond donors (Lipinski definition) is 1. The van der Waals surface area contributed by atoms with Crippen molar-refractivity contribution < 1.29 is 14.5 Å². The molecule has 8 heteroatoms. The summed E-state index contributed by atoms with van der Waals surface area (Å²) in [4.78, 5) is 24.1. The molecule has 0 aromatic heterocycles. The van der Waals surface area contributed by atoms with Crippen LogP contribution in [0.5, 0.6) is 5.75 Å². The van der Waals surface area contributed by atoms with Crippen LogP contribution in [-0.2, 0) is 4.79 Å². The smallest absolute Gasteiger partial charge is 0.287 e. The Morgan fingerprint density at radius 1 is 1.43 bits per heavy atom. The molecule has 7 nitrogen and oxygen atoms in total. The van der Waals surface area contributed by atoms with Crippen LogP contribution in [0.3, 0.4) is 0 Å². The zero-order valence-corrected chi connectivity index (χ0v) is 13.0. The minimum Gasteiger partial charge on any atom is -0.492 e. The zero-order chi connectivity index (χ0) is 15.2. The number of benzene rings is 1. The van der Waals surface area contributed by atoms with E-state index in [1.54, 1.807) is 17.0 Å². The Kier molecular flexibility index (Phi) is 5.51. The van der Waals surface area contributed by atoms with Gasteiger partial charge in [-0.3, -0.25) is 14.9 Å². The Morgan fingerprint density at radius 2 is 2.14 bits per heavy atom. The third-order valence-corrected chi connectivity index (χ3v) is 3.98. The highest BCUT2D eigenvalue weighted by Crippen LogP contribution is 2.33. The summed E-state index contributed by atoms with van der Waals surface area (Å²) in [6, 6.07) is 4.57. The quantitative estimate of drug-likeness (QED) is 0.638. The SMILES string of the molecule is O=C(CCOc1cccc([N+](=O)[O-])c1Br)N1CCNCC1. The Labute approximate surface area is 130 Å². The van der Waals surface area contributed by atoms with E-state index in [-0.39, 0.29) is 24.6 Å². The van der Waals surface area contributed by atoms with Crippen molar-refractivity contribution in [2.75, 3.05) is 32.8 Å². The summed E-state index contributed by atoms with van der Waals surface area (Å²) in [5.41, 5.74) is -0.0547. The molecule has 1 amide bonds. The molecule has 21 heavy (non-hydrogen) atoms. The lowest BCUT2D eigenvalue weighted by molar-refractivity contribution is -0.385. The number of rotatable bonds is 5. The summed E-state index contributed by atoms with van der Waals surface area (Å²) in [6.45, 7) is 3.23. The molecule has 0 saturated carbocycles. The van der Waals surface area contributed by atoms with Gasteiger partial charge in [0.15, 0.2) is 0 Å². The van der Waals surface area contributed by atoms with Crippen LogP contribution in [0.2, 0.25) is 0 Å². The first-order valence-electron chi connectivity index (χ1n) is 6.64. The molecule has 2 rings (SSSR count).